The van der Waals surface area contributed by atoms with Crippen molar-refractivity contribution < 1.29 is 14.2 Å². The van der Waals surface area contributed by atoms with Crippen LogP contribution in [-0.4, -0.2) is 39.5 Å². The number of benzene rings is 1. The first-order chi connectivity index (χ1) is 9.72. The van der Waals surface area contributed by atoms with Crippen LogP contribution < -0.4 is 14.8 Å². The molecule has 2 unspecified atom stereocenters. The Morgan fingerprint density at radius 1 is 1.20 bits per heavy atom. The van der Waals surface area contributed by atoms with Gasteiger partial charge < -0.3 is 19.5 Å². The summed E-state index contributed by atoms with van der Waals surface area (Å²) in [5.74, 6) is 1.57. The van der Waals surface area contributed by atoms with E-state index in [0.29, 0.717) is 12.2 Å². The van der Waals surface area contributed by atoms with E-state index in [2.05, 4.69) is 18.3 Å². The maximum absolute atomic E-state index is 5.78. The van der Waals surface area contributed by atoms with Gasteiger partial charge >= 0.3 is 0 Å². The number of methoxy groups -OCH3 is 2. The van der Waals surface area contributed by atoms with E-state index in [9.17, 15) is 0 Å². The lowest BCUT2D eigenvalue weighted by molar-refractivity contribution is 0.0562. The standard InChI is InChI=1S/C16H25NO3/c1-12-4-6-14(20-12)11-17-9-8-13-5-7-15(18-2)16(10-13)19-3/h5,7,10,12,14,17H,4,6,8-9,11H2,1-3H3. The minimum Gasteiger partial charge on any atom is -0.493 e. The summed E-state index contributed by atoms with van der Waals surface area (Å²) < 4.78 is 16.3. The van der Waals surface area contributed by atoms with Crippen molar-refractivity contribution in [2.75, 3.05) is 27.3 Å². The van der Waals surface area contributed by atoms with Gasteiger partial charge in [0.2, 0.25) is 0 Å². The molecule has 1 fully saturated rings. The third kappa shape index (κ3) is 4.12. The average molecular weight is 279 g/mol. The van der Waals surface area contributed by atoms with E-state index in [4.69, 9.17) is 14.2 Å². The van der Waals surface area contributed by atoms with Crippen LogP contribution in [0.5, 0.6) is 11.5 Å². The lowest BCUT2D eigenvalue weighted by Crippen LogP contribution is -2.28. The Balaban J connectivity index is 1.73. The van der Waals surface area contributed by atoms with Crippen LogP contribution in [0.15, 0.2) is 18.2 Å². The van der Waals surface area contributed by atoms with Crippen LogP contribution in [0.2, 0.25) is 0 Å². The summed E-state index contributed by atoms with van der Waals surface area (Å²) in [5, 5.41) is 3.47. The molecular weight excluding hydrogens is 254 g/mol. The topological polar surface area (TPSA) is 39.7 Å². The molecular formula is C16H25NO3. The molecule has 112 valence electrons. The Bertz CT molecular complexity index is 422. The van der Waals surface area contributed by atoms with Gasteiger partial charge in [0.15, 0.2) is 11.5 Å². The van der Waals surface area contributed by atoms with Crippen LogP contribution in [0.25, 0.3) is 0 Å². The molecule has 0 amide bonds. The summed E-state index contributed by atoms with van der Waals surface area (Å²) in [7, 11) is 3.32. The summed E-state index contributed by atoms with van der Waals surface area (Å²) in [6, 6.07) is 6.07. The number of nitrogens with one attached hydrogen (secondary N) is 1. The summed E-state index contributed by atoms with van der Waals surface area (Å²) >= 11 is 0. The van der Waals surface area contributed by atoms with Crippen molar-refractivity contribution in [3.8, 4) is 11.5 Å². The second-order valence-corrected chi connectivity index (χ2v) is 5.29. The second-order valence-electron chi connectivity index (χ2n) is 5.29. The van der Waals surface area contributed by atoms with Crippen LogP contribution in [-0.2, 0) is 11.2 Å². The minimum atomic E-state index is 0.385. The maximum atomic E-state index is 5.78. The highest BCUT2D eigenvalue weighted by atomic mass is 16.5. The van der Waals surface area contributed by atoms with Gasteiger partial charge in [0, 0.05) is 6.54 Å². The first-order valence-electron chi connectivity index (χ1n) is 7.30. The van der Waals surface area contributed by atoms with Gasteiger partial charge in [-0.2, -0.15) is 0 Å². The highest BCUT2D eigenvalue weighted by Gasteiger charge is 2.20. The number of hydrogen-bond acceptors (Lipinski definition) is 4. The Morgan fingerprint density at radius 3 is 2.65 bits per heavy atom. The minimum absolute atomic E-state index is 0.385. The zero-order valence-electron chi connectivity index (χ0n) is 12.6. The van der Waals surface area contributed by atoms with E-state index in [0.717, 1.165) is 31.0 Å². The molecule has 1 aliphatic rings. The SMILES string of the molecule is COc1ccc(CCNCC2CCC(C)O2)cc1OC. The fraction of sp³-hybridized carbons (Fsp3) is 0.625. The van der Waals surface area contributed by atoms with Crippen molar-refractivity contribution >= 4 is 0 Å². The van der Waals surface area contributed by atoms with E-state index in [1.165, 1.54) is 18.4 Å². The fourth-order valence-corrected chi connectivity index (χ4v) is 2.57. The molecule has 1 aliphatic heterocycles. The van der Waals surface area contributed by atoms with Gasteiger partial charge in [0.05, 0.1) is 26.4 Å². The van der Waals surface area contributed by atoms with Gasteiger partial charge in [-0.05, 0) is 50.4 Å². The quantitative estimate of drug-likeness (QED) is 0.778. The molecule has 20 heavy (non-hydrogen) atoms. The Hall–Kier alpha value is -1.26. The van der Waals surface area contributed by atoms with Crippen molar-refractivity contribution in [1.82, 2.24) is 5.32 Å². The summed E-state index contributed by atoms with van der Waals surface area (Å²) in [5.41, 5.74) is 1.25. The Morgan fingerprint density at radius 2 is 2.00 bits per heavy atom. The molecule has 0 aromatic heterocycles. The summed E-state index contributed by atoms with van der Waals surface area (Å²) in [4.78, 5) is 0. The predicted octanol–water partition coefficient (Wildman–Crippen LogP) is 2.40. The molecule has 1 aromatic rings. The predicted molar refractivity (Wildman–Crippen MR) is 79.7 cm³/mol. The summed E-state index contributed by atoms with van der Waals surface area (Å²) in [6.07, 6.45) is 4.14. The number of ether oxygens (including phenoxy) is 3. The highest BCUT2D eigenvalue weighted by molar-refractivity contribution is 5.42. The molecule has 0 spiro atoms. The first kappa shape index (κ1) is 15.1. The number of rotatable bonds is 7. The third-order valence-electron chi connectivity index (χ3n) is 3.73. The van der Waals surface area contributed by atoms with Crippen molar-refractivity contribution in [2.24, 2.45) is 0 Å². The largest absolute Gasteiger partial charge is 0.493 e. The van der Waals surface area contributed by atoms with E-state index < -0.39 is 0 Å². The van der Waals surface area contributed by atoms with Crippen LogP contribution in [0.4, 0.5) is 0 Å². The van der Waals surface area contributed by atoms with Gasteiger partial charge in [0.25, 0.3) is 0 Å². The molecule has 1 saturated heterocycles. The highest BCUT2D eigenvalue weighted by Crippen LogP contribution is 2.27. The molecule has 0 saturated carbocycles. The molecule has 1 N–H and O–H groups in total. The first-order valence-corrected chi connectivity index (χ1v) is 7.30. The molecule has 0 bridgehead atoms. The molecule has 0 radical (unpaired) electrons. The van der Waals surface area contributed by atoms with E-state index >= 15 is 0 Å². The zero-order chi connectivity index (χ0) is 14.4. The fourth-order valence-electron chi connectivity index (χ4n) is 2.57. The van der Waals surface area contributed by atoms with Crippen molar-refractivity contribution in [3.63, 3.8) is 0 Å². The lowest BCUT2D eigenvalue weighted by atomic mass is 10.1. The smallest absolute Gasteiger partial charge is 0.160 e. The van der Waals surface area contributed by atoms with Crippen LogP contribution in [0, 0.1) is 0 Å². The Labute approximate surface area is 121 Å². The molecule has 1 heterocycles. The van der Waals surface area contributed by atoms with E-state index in [-0.39, 0.29) is 0 Å². The third-order valence-corrected chi connectivity index (χ3v) is 3.73. The maximum Gasteiger partial charge on any atom is 0.160 e. The van der Waals surface area contributed by atoms with Gasteiger partial charge in [0.1, 0.15) is 0 Å². The Kier molecular flexibility index (Phi) is 5.68. The summed E-state index contributed by atoms with van der Waals surface area (Å²) in [6.45, 7) is 4.03. The van der Waals surface area contributed by atoms with Gasteiger partial charge in [-0.1, -0.05) is 6.07 Å². The zero-order valence-corrected chi connectivity index (χ0v) is 12.6. The van der Waals surface area contributed by atoms with Crippen molar-refractivity contribution in [3.05, 3.63) is 23.8 Å². The van der Waals surface area contributed by atoms with Gasteiger partial charge in [-0.15, -0.1) is 0 Å². The number of hydrogen-bond donors (Lipinski definition) is 1. The second kappa shape index (κ2) is 7.50. The average Bonchev–Trinajstić information content (AvgIpc) is 2.89. The van der Waals surface area contributed by atoms with Crippen LogP contribution >= 0.6 is 0 Å². The molecule has 4 nitrogen and oxygen atoms in total. The van der Waals surface area contributed by atoms with Crippen LogP contribution in [0.3, 0.4) is 0 Å². The molecule has 2 rings (SSSR count). The lowest BCUT2D eigenvalue weighted by Gasteiger charge is -2.13. The van der Waals surface area contributed by atoms with E-state index in [1.54, 1.807) is 14.2 Å². The molecule has 4 heteroatoms. The molecule has 0 aliphatic carbocycles. The van der Waals surface area contributed by atoms with E-state index in [1.807, 2.05) is 12.1 Å². The molecule has 2 atom stereocenters. The van der Waals surface area contributed by atoms with Crippen LogP contribution in [0.1, 0.15) is 25.3 Å². The van der Waals surface area contributed by atoms with Crippen molar-refractivity contribution in [1.29, 1.82) is 0 Å². The van der Waals surface area contributed by atoms with Gasteiger partial charge in [-0.3, -0.25) is 0 Å². The molecule has 1 aromatic carbocycles. The van der Waals surface area contributed by atoms with Crippen molar-refractivity contribution in [2.45, 2.75) is 38.4 Å². The monoisotopic (exact) mass is 279 g/mol. The van der Waals surface area contributed by atoms with Gasteiger partial charge in [-0.25, -0.2) is 0 Å². The normalized spacial score (nSPS) is 21.9.